The van der Waals surface area contributed by atoms with E-state index in [-0.39, 0.29) is 37.1 Å². The van der Waals surface area contributed by atoms with Gasteiger partial charge in [-0.3, -0.25) is 24.0 Å². The molecule has 2 saturated carbocycles. The molecule has 0 saturated heterocycles. The number of aliphatic hydroxyl groups is 1. The SMILES string of the molecule is CNc1cc(CNCc2ccc(Cl)cc2)c(O)c2c1CC1CC3CC(=O)C(C(N)=O)C(=O)[C@@]3(O)C(=O)C1C2=O. The lowest BCUT2D eigenvalue weighted by Gasteiger charge is -2.48. The number of benzene rings is 2. The van der Waals surface area contributed by atoms with E-state index in [4.69, 9.17) is 17.3 Å². The summed E-state index contributed by atoms with van der Waals surface area (Å²) >= 11 is 5.93. The van der Waals surface area contributed by atoms with Crippen LogP contribution >= 0.6 is 11.6 Å². The fourth-order valence-electron chi connectivity index (χ4n) is 6.39. The summed E-state index contributed by atoms with van der Waals surface area (Å²) in [5, 5.41) is 29.4. The van der Waals surface area contributed by atoms with E-state index in [0.29, 0.717) is 28.4 Å². The third-order valence-corrected chi connectivity index (χ3v) is 8.56. The van der Waals surface area contributed by atoms with Crippen molar-refractivity contribution in [3.8, 4) is 5.75 Å². The van der Waals surface area contributed by atoms with Gasteiger partial charge in [0, 0.05) is 48.7 Å². The highest BCUT2D eigenvalue weighted by molar-refractivity contribution is 6.31. The number of phenols is 1. The fraction of sp³-hybridized carbons (Fsp3) is 0.393. The Labute approximate surface area is 228 Å². The number of ketones is 4. The summed E-state index contributed by atoms with van der Waals surface area (Å²) in [7, 11) is 1.68. The Bertz CT molecular complexity index is 1420. The topological polar surface area (TPSA) is 176 Å². The van der Waals surface area contributed by atoms with Gasteiger partial charge in [0.2, 0.25) is 5.91 Å². The highest BCUT2D eigenvalue weighted by Crippen LogP contribution is 2.51. The number of carbonyl (C=O) groups excluding carboxylic acids is 5. The van der Waals surface area contributed by atoms with Crippen molar-refractivity contribution in [2.24, 2.45) is 29.4 Å². The number of rotatable bonds is 6. The lowest BCUT2D eigenvalue weighted by Crippen LogP contribution is -2.68. The molecule has 0 bridgehead atoms. The second-order valence-corrected chi connectivity index (χ2v) is 10.9. The van der Waals surface area contributed by atoms with Gasteiger partial charge in [0.25, 0.3) is 0 Å². The van der Waals surface area contributed by atoms with Crippen LogP contribution in [-0.2, 0) is 38.7 Å². The van der Waals surface area contributed by atoms with Crippen LogP contribution in [0.15, 0.2) is 30.3 Å². The Kier molecular flexibility index (Phi) is 6.82. The third-order valence-electron chi connectivity index (χ3n) is 8.31. The molecular formula is C28H28ClN3O7. The molecule has 10 nitrogen and oxygen atoms in total. The van der Waals surface area contributed by atoms with Gasteiger partial charge >= 0.3 is 0 Å². The minimum atomic E-state index is -2.67. The quantitative estimate of drug-likeness (QED) is 0.261. The smallest absolute Gasteiger partial charge is 0.235 e. The first-order valence-electron chi connectivity index (χ1n) is 12.7. The van der Waals surface area contributed by atoms with E-state index in [1.54, 1.807) is 25.2 Å². The molecule has 3 aliphatic rings. The highest BCUT2D eigenvalue weighted by Gasteiger charge is 2.66. The molecule has 6 N–H and O–H groups in total. The number of aromatic hydroxyl groups is 1. The van der Waals surface area contributed by atoms with E-state index < -0.39 is 58.3 Å². The zero-order valence-electron chi connectivity index (χ0n) is 21.1. The molecule has 4 unspecified atom stereocenters. The first kappa shape index (κ1) is 27.0. The van der Waals surface area contributed by atoms with Gasteiger partial charge in [0.1, 0.15) is 5.75 Å². The van der Waals surface area contributed by atoms with Gasteiger partial charge in [-0.2, -0.15) is 0 Å². The molecule has 2 fully saturated rings. The van der Waals surface area contributed by atoms with Gasteiger partial charge in [-0.15, -0.1) is 0 Å². The van der Waals surface area contributed by atoms with Crippen LogP contribution in [0.5, 0.6) is 5.75 Å². The molecule has 1 amide bonds. The minimum Gasteiger partial charge on any atom is -0.507 e. The molecule has 0 aliphatic heterocycles. The number of hydrogen-bond donors (Lipinski definition) is 5. The average molecular weight is 554 g/mol. The minimum absolute atomic E-state index is 0.0346. The number of hydrogen-bond acceptors (Lipinski definition) is 9. The molecular weight excluding hydrogens is 526 g/mol. The predicted octanol–water partition coefficient (Wildman–Crippen LogP) is 1.31. The zero-order valence-corrected chi connectivity index (χ0v) is 21.9. The van der Waals surface area contributed by atoms with E-state index in [2.05, 4.69) is 10.6 Å². The molecule has 0 spiro atoms. The number of nitrogens with one attached hydrogen (secondary N) is 2. The normalized spacial score (nSPS) is 28.0. The van der Waals surface area contributed by atoms with Crippen LogP contribution < -0.4 is 16.4 Å². The van der Waals surface area contributed by atoms with Crippen molar-refractivity contribution in [2.75, 3.05) is 12.4 Å². The summed E-state index contributed by atoms with van der Waals surface area (Å²) in [6.45, 7) is 0.675. The second kappa shape index (κ2) is 9.86. The molecule has 0 aromatic heterocycles. The number of primary amides is 1. The van der Waals surface area contributed by atoms with Crippen molar-refractivity contribution in [3.63, 3.8) is 0 Å². The molecule has 11 heteroatoms. The predicted molar refractivity (Wildman–Crippen MR) is 140 cm³/mol. The first-order chi connectivity index (χ1) is 18.5. The molecule has 204 valence electrons. The van der Waals surface area contributed by atoms with Crippen LogP contribution in [0.4, 0.5) is 5.69 Å². The molecule has 3 aliphatic carbocycles. The maximum Gasteiger partial charge on any atom is 0.235 e. The van der Waals surface area contributed by atoms with Crippen molar-refractivity contribution < 1.29 is 34.2 Å². The van der Waals surface area contributed by atoms with Gasteiger partial charge in [-0.05, 0) is 48.1 Å². The Hall–Kier alpha value is -3.60. The van der Waals surface area contributed by atoms with Crippen molar-refractivity contribution in [1.29, 1.82) is 0 Å². The zero-order chi connectivity index (χ0) is 28.2. The lowest BCUT2D eigenvalue weighted by atomic mass is 9.53. The van der Waals surface area contributed by atoms with Gasteiger partial charge in [-0.1, -0.05) is 23.7 Å². The van der Waals surface area contributed by atoms with Crippen LogP contribution in [0.3, 0.4) is 0 Å². The van der Waals surface area contributed by atoms with E-state index in [9.17, 15) is 34.2 Å². The molecule has 39 heavy (non-hydrogen) atoms. The summed E-state index contributed by atoms with van der Waals surface area (Å²) in [4.78, 5) is 64.8. The number of anilines is 1. The number of halogens is 1. The van der Waals surface area contributed by atoms with Gasteiger partial charge in [-0.25, -0.2) is 0 Å². The Morgan fingerprint density at radius 2 is 1.79 bits per heavy atom. The number of carbonyl (C=O) groups is 5. The summed E-state index contributed by atoms with van der Waals surface area (Å²) in [5.41, 5.74) is 5.05. The molecule has 5 atom stereocenters. The van der Waals surface area contributed by atoms with Crippen LogP contribution in [0.2, 0.25) is 5.02 Å². The molecule has 2 aromatic carbocycles. The Balaban J connectivity index is 1.47. The highest BCUT2D eigenvalue weighted by atomic mass is 35.5. The first-order valence-corrected chi connectivity index (χ1v) is 13.0. The fourth-order valence-corrected chi connectivity index (χ4v) is 6.52. The van der Waals surface area contributed by atoms with Crippen molar-refractivity contribution in [3.05, 3.63) is 57.6 Å². The van der Waals surface area contributed by atoms with Crippen LogP contribution in [0.1, 0.15) is 39.9 Å². The van der Waals surface area contributed by atoms with E-state index in [1.807, 2.05) is 12.1 Å². The van der Waals surface area contributed by atoms with Gasteiger partial charge < -0.3 is 26.6 Å². The number of fused-ring (bicyclic) bond motifs is 3. The average Bonchev–Trinajstić information content (AvgIpc) is 2.88. The van der Waals surface area contributed by atoms with Gasteiger partial charge in [0.15, 0.2) is 34.7 Å². The molecule has 2 aromatic rings. The summed E-state index contributed by atoms with van der Waals surface area (Å²) < 4.78 is 0. The van der Waals surface area contributed by atoms with Crippen molar-refractivity contribution in [2.45, 2.75) is 38.0 Å². The largest absolute Gasteiger partial charge is 0.507 e. The van der Waals surface area contributed by atoms with E-state index in [1.165, 1.54) is 0 Å². The van der Waals surface area contributed by atoms with Gasteiger partial charge in [0.05, 0.1) is 11.5 Å². The van der Waals surface area contributed by atoms with Crippen molar-refractivity contribution in [1.82, 2.24) is 5.32 Å². The summed E-state index contributed by atoms with van der Waals surface area (Å²) in [5.74, 6) is -10.2. The Morgan fingerprint density at radius 3 is 2.44 bits per heavy atom. The Morgan fingerprint density at radius 1 is 1.10 bits per heavy atom. The molecule has 5 rings (SSSR count). The standard InChI is InChI=1S/C28H28ClN3O7/c1-31-18-8-14(11-32-10-12-2-4-16(29)5-3-12)23(34)21-17(18)7-13-6-15-9-19(33)22(27(30)38)26(37)28(15,39)25(36)20(13)24(21)35/h2-5,8,13,15,20,22,31-32,34,39H,6-7,9-11H2,1H3,(H2,30,38)/t13?,15?,20?,22?,28-/m0/s1. The molecule has 0 heterocycles. The van der Waals surface area contributed by atoms with Crippen LogP contribution in [0, 0.1) is 23.7 Å². The van der Waals surface area contributed by atoms with E-state index >= 15 is 0 Å². The molecule has 0 radical (unpaired) electrons. The maximum atomic E-state index is 13.8. The summed E-state index contributed by atoms with van der Waals surface area (Å²) in [6.07, 6.45) is -0.0997. The van der Waals surface area contributed by atoms with Crippen LogP contribution in [0.25, 0.3) is 0 Å². The maximum absolute atomic E-state index is 13.8. The number of phenolic OH excluding ortho intramolecular Hbond substituents is 1. The van der Waals surface area contributed by atoms with E-state index in [0.717, 1.165) is 5.56 Å². The van der Waals surface area contributed by atoms with Crippen molar-refractivity contribution >= 4 is 46.3 Å². The van der Waals surface area contributed by atoms with Crippen LogP contribution in [-0.4, -0.2) is 51.9 Å². The lowest BCUT2D eigenvalue weighted by molar-refractivity contribution is -0.175. The summed E-state index contributed by atoms with van der Waals surface area (Å²) in [6, 6.07) is 8.99. The number of Topliss-reactive ketones (excluding diaryl/α,β-unsaturated/α-hetero) is 4. The monoisotopic (exact) mass is 553 g/mol. The number of amides is 1. The third kappa shape index (κ3) is 4.23. The number of nitrogens with two attached hydrogens (primary N) is 1. The second-order valence-electron chi connectivity index (χ2n) is 10.5.